The zero-order valence-electron chi connectivity index (χ0n) is 11.1. The van der Waals surface area contributed by atoms with Gasteiger partial charge in [0.1, 0.15) is 5.75 Å². The minimum atomic E-state index is -0.594. The van der Waals surface area contributed by atoms with Crippen molar-refractivity contribution in [3.63, 3.8) is 0 Å². The van der Waals surface area contributed by atoms with Crippen molar-refractivity contribution < 1.29 is 9.84 Å². The van der Waals surface area contributed by atoms with Crippen LogP contribution in [0.4, 0.5) is 0 Å². The number of para-hydroxylation sites is 1. The second kappa shape index (κ2) is 6.90. The first-order valence-corrected chi connectivity index (χ1v) is 6.61. The predicted molar refractivity (Wildman–Crippen MR) is 75.1 cm³/mol. The van der Waals surface area contributed by atoms with E-state index in [1.165, 1.54) is 0 Å². The number of aromatic nitrogens is 1. The number of hydrogen-bond donors (Lipinski definition) is 1. The third-order valence-electron chi connectivity index (χ3n) is 2.87. The van der Waals surface area contributed by atoms with Crippen LogP contribution in [0.5, 0.6) is 5.75 Å². The van der Waals surface area contributed by atoms with E-state index in [0.29, 0.717) is 13.0 Å². The Morgan fingerprint density at radius 2 is 1.95 bits per heavy atom. The Balaban J connectivity index is 2.12. The lowest BCUT2D eigenvalue weighted by Crippen LogP contribution is -2.06. The average molecular weight is 257 g/mol. The van der Waals surface area contributed by atoms with Crippen molar-refractivity contribution in [2.45, 2.75) is 25.9 Å². The molecule has 0 saturated heterocycles. The molecule has 2 rings (SSSR count). The quantitative estimate of drug-likeness (QED) is 0.864. The number of rotatable bonds is 6. The molecule has 0 aliphatic carbocycles. The molecule has 100 valence electrons. The average Bonchev–Trinajstić information content (AvgIpc) is 2.46. The van der Waals surface area contributed by atoms with Gasteiger partial charge < -0.3 is 9.84 Å². The molecule has 1 aromatic heterocycles. The molecule has 3 nitrogen and oxygen atoms in total. The van der Waals surface area contributed by atoms with Crippen molar-refractivity contribution in [2.24, 2.45) is 0 Å². The summed E-state index contributed by atoms with van der Waals surface area (Å²) in [6.45, 7) is 2.72. The highest BCUT2D eigenvalue weighted by atomic mass is 16.5. The predicted octanol–water partition coefficient (Wildman–Crippen LogP) is 3.15. The van der Waals surface area contributed by atoms with Gasteiger partial charge in [0, 0.05) is 23.9 Å². The molecular weight excluding hydrogens is 238 g/mol. The van der Waals surface area contributed by atoms with Crippen LogP contribution in [0.3, 0.4) is 0 Å². The fourth-order valence-electron chi connectivity index (χ4n) is 1.93. The van der Waals surface area contributed by atoms with Crippen LogP contribution in [0.15, 0.2) is 48.7 Å². The summed E-state index contributed by atoms with van der Waals surface area (Å²) in [6.07, 6.45) is 2.59. The standard InChI is InChI=1S/C16H19NO2/c1-2-11-19-16-9-4-3-8-14(16)15(18)12-13-7-5-6-10-17-13/h3-10,15,18H,2,11-12H2,1H3. The van der Waals surface area contributed by atoms with Gasteiger partial charge in [-0.1, -0.05) is 31.2 Å². The second-order valence-corrected chi connectivity index (χ2v) is 4.43. The highest BCUT2D eigenvalue weighted by Crippen LogP contribution is 2.27. The van der Waals surface area contributed by atoms with Crippen molar-refractivity contribution in [1.82, 2.24) is 4.98 Å². The van der Waals surface area contributed by atoms with E-state index < -0.39 is 6.10 Å². The van der Waals surface area contributed by atoms with Crippen molar-refractivity contribution >= 4 is 0 Å². The van der Waals surface area contributed by atoms with Crippen LogP contribution in [0.1, 0.15) is 30.7 Å². The smallest absolute Gasteiger partial charge is 0.125 e. The lowest BCUT2D eigenvalue weighted by atomic mass is 10.0. The monoisotopic (exact) mass is 257 g/mol. The molecule has 0 bridgehead atoms. The van der Waals surface area contributed by atoms with Crippen LogP contribution in [0, 0.1) is 0 Å². The molecule has 0 aliphatic rings. The molecule has 19 heavy (non-hydrogen) atoms. The third-order valence-corrected chi connectivity index (χ3v) is 2.87. The normalized spacial score (nSPS) is 12.1. The van der Waals surface area contributed by atoms with E-state index in [1.54, 1.807) is 6.20 Å². The number of aliphatic hydroxyl groups is 1. The van der Waals surface area contributed by atoms with Crippen molar-refractivity contribution in [2.75, 3.05) is 6.61 Å². The van der Waals surface area contributed by atoms with Crippen LogP contribution in [0.25, 0.3) is 0 Å². The molecule has 1 atom stereocenters. The zero-order valence-corrected chi connectivity index (χ0v) is 11.1. The van der Waals surface area contributed by atoms with Gasteiger partial charge in [-0.15, -0.1) is 0 Å². The van der Waals surface area contributed by atoms with E-state index in [-0.39, 0.29) is 0 Å². The molecule has 0 amide bonds. The Hall–Kier alpha value is -1.87. The Kier molecular flexibility index (Phi) is 4.93. The van der Waals surface area contributed by atoms with E-state index in [0.717, 1.165) is 23.4 Å². The van der Waals surface area contributed by atoms with Gasteiger partial charge in [-0.3, -0.25) is 4.98 Å². The fraction of sp³-hybridized carbons (Fsp3) is 0.312. The van der Waals surface area contributed by atoms with Gasteiger partial charge in [-0.2, -0.15) is 0 Å². The van der Waals surface area contributed by atoms with Crippen LogP contribution in [-0.2, 0) is 6.42 Å². The first-order valence-electron chi connectivity index (χ1n) is 6.61. The number of benzene rings is 1. The molecular formula is C16H19NO2. The Bertz CT molecular complexity index is 499. The summed E-state index contributed by atoms with van der Waals surface area (Å²) in [5.74, 6) is 0.757. The molecule has 0 saturated carbocycles. The minimum Gasteiger partial charge on any atom is -0.493 e. The van der Waals surface area contributed by atoms with Gasteiger partial charge >= 0.3 is 0 Å². The zero-order chi connectivity index (χ0) is 13.5. The van der Waals surface area contributed by atoms with Crippen molar-refractivity contribution in [3.05, 3.63) is 59.9 Å². The Labute approximate surface area is 113 Å². The molecule has 2 aromatic rings. The molecule has 0 aliphatic heterocycles. The van der Waals surface area contributed by atoms with Gasteiger partial charge in [-0.05, 0) is 24.6 Å². The molecule has 1 unspecified atom stereocenters. The molecule has 0 fully saturated rings. The van der Waals surface area contributed by atoms with Crippen LogP contribution in [-0.4, -0.2) is 16.7 Å². The van der Waals surface area contributed by atoms with E-state index in [4.69, 9.17) is 4.74 Å². The van der Waals surface area contributed by atoms with Crippen molar-refractivity contribution in [1.29, 1.82) is 0 Å². The summed E-state index contributed by atoms with van der Waals surface area (Å²) >= 11 is 0. The summed E-state index contributed by atoms with van der Waals surface area (Å²) in [6, 6.07) is 13.3. The van der Waals surface area contributed by atoms with Crippen LogP contribution >= 0.6 is 0 Å². The van der Waals surface area contributed by atoms with Crippen LogP contribution < -0.4 is 4.74 Å². The number of ether oxygens (including phenoxy) is 1. The van der Waals surface area contributed by atoms with Gasteiger partial charge in [0.2, 0.25) is 0 Å². The van der Waals surface area contributed by atoms with Gasteiger partial charge in [-0.25, -0.2) is 0 Å². The van der Waals surface area contributed by atoms with Gasteiger partial charge in [0.25, 0.3) is 0 Å². The fourth-order valence-corrected chi connectivity index (χ4v) is 1.93. The molecule has 1 aromatic carbocycles. The number of pyridine rings is 1. The van der Waals surface area contributed by atoms with E-state index in [9.17, 15) is 5.11 Å². The summed E-state index contributed by atoms with van der Waals surface area (Å²) in [7, 11) is 0. The lowest BCUT2D eigenvalue weighted by Gasteiger charge is -2.15. The largest absolute Gasteiger partial charge is 0.493 e. The van der Waals surface area contributed by atoms with Gasteiger partial charge in [0.05, 0.1) is 12.7 Å². The SMILES string of the molecule is CCCOc1ccccc1C(O)Cc1ccccn1. The summed E-state index contributed by atoms with van der Waals surface area (Å²) in [5.41, 5.74) is 1.70. The maximum absolute atomic E-state index is 10.3. The Morgan fingerprint density at radius 3 is 2.68 bits per heavy atom. The number of hydrogen-bond acceptors (Lipinski definition) is 3. The topological polar surface area (TPSA) is 42.4 Å². The highest BCUT2D eigenvalue weighted by molar-refractivity contribution is 5.35. The maximum Gasteiger partial charge on any atom is 0.125 e. The lowest BCUT2D eigenvalue weighted by molar-refractivity contribution is 0.170. The Morgan fingerprint density at radius 1 is 1.16 bits per heavy atom. The third kappa shape index (κ3) is 3.80. The summed E-state index contributed by atoms with van der Waals surface area (Å²) in [4.78, 5) is 4.24. The molecule has 3 heteroatoms. The van der Waals surface area contributed by atoms with E-state index in [2.05, 4.69) is 11.9 Å². The number of aliphatic hydroxyl groups excluding tert-OH is 1. The van der Waals surface area contributed by atoms with E-state index in [1.807, 2.05) is 42.5 Å². The minimum absolute atomic E-state index is 0.493. The summed E-state index contributed by atoms with van der Waals surface area (Å²) in [5, 5.41) is 10.3. The maximum atomic E-state index is 10.3. The first-order chi connectivity index (χ1) is 9.31. The molecule has 0 radical (unpaired) electrons. The molecule has 1 heterocycles. The number of nitrogens with zero attached hydrogens (tertiary/aromatic N) is 1. The second-order valence-electron chi connectivity index (χ2n) is 4.43. The summed E-state index contributed by atoms with van der Waals surface area (Å²) < 4.78 is 5.66. The van der Waals surface area contributed by atoms with E-state index >= 15 is 0 Å². The molecule has 1 N–H and O–H groups in total. The molecule has 0 spiro atoms. The highest BCUT2D eigenvalue weighted by Gasteiger charge is 2.14. The van der Waals surface area contributed by atoms with Gasteiger partial charge in [0.15, 0.2) is 0 Å². The van der Waals surface area contributed by atoms with Crippen molar-refractivity contribution in [3.8, 4) is 5.75 Å². The van der Waals surface area contributed by atoms with Crippen LogP contribution in [0.2, 0.25) is 0 Å². The first kappa shape index (κ1) is 13.6.